The third-order valence-corrected chi connectivity index (χ3v) is 5.80. The summed E-state index contributed by atoms with van der Waals surface area (Å²) >= 11 is 0. The normalized spacial score (nSPS) is 17.6. The molecule has 2 heterocycles. The molecule has 0 saturated carbocycles. The molecule has 2 N–H and O–H groups in total. The molecular formula is C22H33N3O3. The molecule has 1 aliphatic heterocycles. The van der Waals surface area contributed by atoms with Crippen LogP contribution in [0.4, 0.5) is 4.79 Å². The molecule has 1 aromatic carbocycles. The van der Waals surface area contributed by atoms with E-state index in [1.165, 1.54) is 0 Å². The average Bonchev–Trinajstić information content (AvgIpc) is 3.16. The second kappa shape index (κ2) is 9.94. The lowest BCUT2D eigenvalue weighted by atomic mass is 9.92. The van der Waals surface area contributed by atoms with Crippen LogP contribution in [0, 0.1) is 5.92 Å². The molecule has 1 aromatic heterocycles. The molecule has 6 nitrogen and oxygen atoms in total. The number of hydrogen-bond acceptors (Lipinski definition) is 4. The van der Waals surface area contributed by atoms with Crippen LogP contribution >= 0.6 is 0 Å². The van der Waals surface area contributed by atoms with E-state index in [1.54, 1.807) is 0 Å². The third-order valence-electron chi connectivity index (χ3n) is 5.80. The van der Waals surface area contributed by atoms with E-state index in [2.05, 4.69) is 29.4 Å². The number of ether oxygens (including phenoxy) is 1. The number of benzene rings is 1. The summed E-state index contributed by atoms with van der Waals surface area (Å²) in [5.74, 6) is 1.33. The van der Waals surface area contributed by atoms with Gasteiger partial charge in [-0.25, -0.2) is 4.79 Å². The van der Waals surface area contributed by atoms with E-state index in [-0.39, 0.29) is 12.1 Å². The Bertz CT molecular complexity index is 717. The van der Waals surface area contributed by atoms with E-state index in [0.29, 0.717) is 18.5 Å². The Labute approximate surface area is 167 Å². The van der Waals surface area contributed by atoms with Gasteiger partial charge in [-0.2, -0.15) is 0 Å². The van der Waals surface area contributed by atoms with E-state index < -0.39 is 0 Å². The summed E-state index contributed by atoms with van der Waals surface area (Å²) < 4.78 is 11.4. The van der Waals surface area contributed by atoms with Crippen LogP contribution in [0.5, 0.6) is 0 Å². The van der Waals surface area contributed by atoms with Gasteiger partial charge in [0.25, 0.3) is 0 Å². The quantitative estimate of drug-likeness (QED) is 0.720. The summed E-state index contributed by atoms with van der Waals surface area (Å²) in [5.41, 5.74) is 0.840. The lowest BCUT2D eigenvalue weighted by Gasteiger charge is -2.38. The zero-order valence-electron chi connectivity index (χ0n) is 17.2. The maximum absolute atomic E-state index is 12.5. The number of amides is 2. The highest BCUT2D eigenvalue weighted by molar-refractivity contribution is 5.78. The SMILES string of the molecule is CCC(CC)C(CNC(=O)NC(C)c1cc2ccccc2o1)N1CCOCC1. The van der Waals surface area contributed by atoms with Gasteiger partial charge in [0.2, 0.25) is 0 Å². The Morgan fingerprint density at radius 1 is 1.18 bits per heavy atom. The van der Waals surface area contributed by atoms with Crippen molar-refractivity contribution in [2.45, 2.75) is 45.7 Å². The topological polar surface area (TPSA) is 66.7 Å². The largest absolute Gasteiger partial charge is 0.459 e. The fourth-order valence-corrected chi connectivity index (χ4v) is 4.07. The highest BCUT2D eigenvalue weighted by atomic mass is 16.5. The first-order valence-corrected chi connectivity index (χ1v) is 10.5. The van der Waals surface area contributed by atoms with Crippen LogP contribution in [0.15, 0.2) is 34.7 Å². The summed E-state index contributed by atoms with van der Waals surface area (Å²) in [7, 11) is 0. The van der Waals surface area contributed by atoms with Gasteiger partial charge in [-0.15, -0.1) is 0 Å². The number of rotatable bonds is 8. The molecule has 0 spiro atoms. The van der Waals surface area contributed by atoms with Crippen molar-refractivity contribution < 1.29 is 13.9 Å². The lowest BCUT2D eigenvalue weighted by Crippen LogP contribution is -2.53. The van der Waals surface area contributed by atoms with Crippen molar-refractivity contribution in [2.75, 3.05) is 32.8 Å². The molecule has 154 valence electrons. The molecule has 0 aliphatic carbocycles. The summed E-state index contributed by atoms with van der Waals surface area (Å²) in [6.45, 7) is 10.4. The van der Waals surface area contributed by atoms with Crippen molar-refractivity contribution >= 4 is 17.0 Å². The number of carbonyl (C=O) groups excluding carboxylic acids is 1. The number of morpholine rings is 1. The second-order valence-electron chi connectivity index (χ2n) is 7.55. The molecule has 2 atom stereocenters. The zero-order valence-corrected chi connectivity index (χ0v) is 17.2. The van der Waals surface area contributed by atoms with Gasteiger partial charge in [0.05, 0.1) is 19.3 Å². The van der Waals surface area contributed by atoms with E-state index in [9.17, 15) is 4.79 Å². The van der Waals surface area contributed by atoms with Gasteiger partial charge in [0.15, 0.2) is 0 Å². The van der Waals surface area contributed by atoms with Crippen molar-refractivity contribution in [3.8, 4) is 0 Å². The van der Waals surface area contributed by atoms with Crippen LogP contribution in [0.25, 0.3) is 11.0 Å². The van der Waals surface area contributed by atoms with Crippen LogP contribution in [-0.2, 0) is 4.74 Å². The maximum Gasteiger partial charge on any atom is 0.315 e. The number of nitrogens with one attached hydrogen (secondary N) is 2. The zero-order chi connectivity index (χ0) is 19.9. The van der Waals surface area contributed by atoms with E-state index >= 15 is 0 Å². The molecule has 2 amide bonds. The van der Waals surface area contributed by atoms with Crippen molar-refractivity contribution in [1.29, 1.82) is 0 Å². The molecule has 2 aromatic rings. The van der Waals surface area contributed by atoms with E-state index in [1.807, 2.05) is 37.3 Å². The van der Waals surface area contributed by atoms with Gasteiger partial charge in [0.1, 0.15) is 11.3 Å². The highest BCUT2D eigenvalue weighted by Gasteiger charge is 2.27. The predicted molar refractivity (Wildman–Crippen MR) is 111 cm³/mol. The van der Waals surface area contributed by atoms with Crippen molar-refractivity contribution in [2.24, 2.45) is 5.92 Å². The Morgan fingerprint density at radius 3 is 2.57 bits per heavy atom. The van der Waals surface area contributed by atoms with Crippen LogP contribution in [0.1, 0.15) is 45.4 Å². The molecule has 0 bridgehead atoms. The van der Waals surface area contributed by atoms with Crippen LogP contribution in [0.3, 0.4) is 0 Å². The summed E-state index contributed by atoms with van der Waals surface area (Å²) in [4.78, 5) is 15.0. The summed E-state index contributed by atoms with van der Waals surface area (Å²) in [6, 6.07) is 9.86. The number of fused-ring (bicyclic) bond motifs is 1. The lowest BCUT2D eigenvalue weighted by molar-refractivity contribution is 0.00236. The third kappa shape index (κ3) is 5.06. The van der Waals surface area contributed by atoms with Crippen LogP contribution in [-0.4, -0.2) is 49.8 Å². The minimum absolute atomic E-state index is 0.155. The van der Waals surface area contributed by atoms with Gasteiger partial charge in [-0.1, -0.05) is 44.9 Å². The summed E-state index contributed by atoms with van der Waals surface area (Å²) in [6.07, 6.45) is 2.22. The van der Waals surface area contributed by atoms with Crippen LogP contribution < -0.4 is 10.6 Å². The average molecular weight is 388 g/mol. The number of urea groups is 1. The Kier molecular flexibility index (Phi) is 7.34. The maximum atomic E-state index is 12.5. The van der Waals surface area contributed by atoms with Gasteiger partial charge < -0.3 is 19.8 Å². The van der Waals surface area contributed by atoms with E-state index in [0.717, 1.165) is 55.9 Å². The van der Waals surface area contributed by atoms with Gasteiger partial charge >= 0.3 is 6.03 Å². The highest BCUT2D eigenvalue weighted by Crippen LogP contribution is 2.23. The molecule has 0 radical (unpaired) electrons. The van der Waals surface area contributed by atoms with Gasteiger partial charge in [0, 0.05) is 31.1 Å². The molecule has 2 unspecified atom stereocenters. The molecule has 1 aliphatic rings. The molecule has 28 heavy (non-hydrogen) atoms. The second-order valence-corrected chi connectivity index (χ2v) is 7.55. The Hall–Kier alpha value is -2.05. The minimum atomic E-state index is -0.192. The van der Waals surface area contributed by atoms with Crippen molar-refractivity contribution in [1.82, 2.24) is 15.5 Å². The molecule has 1 saturated heterocycles. The first kappa shape index (κ1) is 20.7. The molecule has 6 heteroatoms. The monoisotopic (exact) mass is 387 g/mol. The smallest absolute Gasteiger partial charge is 0.315 e. The van der Waals surface area contributed by atoms with Crippen molar-refractivity contribution in [3.05, 3.63) is 36.1 Å². The number of hydrogen-bond donors (Lipinski definition) is 2. The fourth-order valence-electron chi connectivity index (χ4n) is 4.07. The predicted octanol–water partition coefficient (Wildman–Crippen LogP) is 3.93. The first-order chi connectivity index (χ1) is 13.6. The molecule has 1 fully saturated rings. The number of para-hydroxylation sites is 1. The molecule has 3 rings (SSSR count). The Morgan fingerprint density at radius 2 is 1.89 bits per heavy atom. The fraction of sp³-hybridized carbons (Fsp3) is 0.591. The van der Waals surface area contributed by atoms with Gasteiger partial charge in [-0.05, 0) is 25.0 Å². The first-order valence-electron chi connectivity index (χ1n) is 10.5. The minimum Gasteiger partial charge on any atom is -0.459 e. The number of carbonyl (C=O) groups is 1. The van der Waals surface area contributed by atoms with E-state index in [4.69, 9.17) is 9.15 Å². The standard InChI is InChI=1S/C22H33N3O3/c1-4-17(5-2)19(25-10-12-27-13-11-25)15-23-22(26)24-16(3)21-14-18-8-6-7-9-20(18)28-21/h6-9,14,16-17,19H,4-5,10-13,15H2,1-3H3,(H2,23,24,26). The number of furan rings is 1. The van der Waals surface area contributed by atoms with Crippen molar-refractivity contribution in [3.63, 3.8) is 0 Å². The summed E-state index contributed by atoms with van der Waals surface area (Å²) in [5, 5.41) is 7.14. The number of nitrogens with zero attached hydrogens (tertiary/aromatic N) is 1. The van der Waals surface area contributed by atoms with Crippen LogP contribution in [0.2, 0.25) is 0 Å². The molecular weight excluding hydrogens is 354 g/mol. The van der Waals surface area contributed by atoms with Gasteiger partial charge in [-0.3, -0.25) is 4.90 Å². The Balaban J connectivity index is 1.57.